The Balaban J connectivity index is 5.62. The Bertz CT molecular complexity index is 683. The third-order valence-corrected chi connectivity index (χ3v) is 5.13. The molecule has 6 atom stereocenters. The maximum atomic E-state index is 12.9. The van der Waals surface area contributed by atoms with Crippen LogP contribution in [0.5, 0.6) is 0 Å². The van der Waals surface area contributed by atoms with E-state index in [-0.39, 0.29) is 6.42 Å². The maximum absolute atomic E-state index is 12.9. The first-order chi connectivity index (χ1) is 14.7. The Morgan fingerprint density at radius 1 is 0.844 bits per heavy atom. The van der Waals surface area contributed by atoms with Gasteiger partial charge in [0.05, 0.1) is 6.10 Å². The van der Waals surface area contributed by atoms with Crippen molar-refractivity contribution in [3.63, 3.8) is 0 Å². The minimum absolute atomic E-state index is 0.280. The number of carboxylic acid groups (broad SMARTS) is 2. The molecule has 0 heterocycles. The Morgan fingerprint density at radius 2 is 1.38 bits per heavy atom. The molecule has 0 saturated heterocycles. The van der Waals surface area contributed by atoms with Crippen LogP contribution < -0.4 is 21.7 Å². The van der Waals surface area contributed by atoms with Crippen molar-refractivity contribution >= 4 is 29.7 Å². The molecule has 0 aliphatic carbocycles. The smallest absolute Gasteiger partial charge is 0.326 e. The predicted molar refractivity (Wildman–Crippen MR) is 114 cm³/mol. The third kappa shape index (κ3) is 9.60. The van der Waals surface area contributed by atoms with Crippen molar-refractivity contribution < 1.29 is 39.3 Å². The van der Waals surface area contributed by atoms with Crippen LogP contribution in [0.3, 0.4) is 0 Å². The number of nitrogens with two attached hydrogens (primary N) is 1. The van der Waals surface area contributed by atoms with Crippen LogP contribution in [0.1, 0.15) is 53.9 Å². The van der Waals surface area contributed by atoms with Crippen molar-refractivity contribution in [1.29, 1.82) is 0 Å². The summed E-state index contributed by atoms with van der Waals surface area (Å²) in [5.74, 6) is -5.62. The number of hydrogen-bond acceptors (Lipinski definition) is 7. The zero-order valence-electron chi connectivity index (χ0n) is 19.1. The molecule has 0 rings (SSSR count). The molecule has 0 aliphatic rings. The van der Waals surface area contributed by atoms with Gasteiger partial charge in [0, 0.05) is 6.42 Å². The lowest BCUT2D eigenvalue weighted by atomic mass is 9.96. The minimum Gasteiger partial charge on any atom is -0.481 e. The highest BCUT2D eigenvalue weighted by molar-refractivity contribution is 5.94. The molecule has 3 amide bonds. The van der Waals surface area contributed by atoms with Gasteiger partial charge in [-0.05, 0) is 25.2 Å². The Morgan fingerprint density at radius 3 is 1.78 bits per heavy atom. The van der Waals surface area contributed by atoms with E-state index in [0.29, 0.717) is 6.42 Å². The highest BCUT2D eigenvalue weighted by Crippen LogP contribution is 2.11. The van der Waals surface area contributed by atoms with Crippen LogP contribution >= 0.6 is 0 Å². The molecule has 32 heavy (non-hydrogen) atoms. The number of carbonyl (C=O) groups excluding carboxylic acids is 3. The van der Waals surface area contributed by atoms with Crippen LogP contribution in [-0.2, 0) is 24.0 Å². The van der Waals surface area contributed by atoms with Gasteiger partial charge in [0.1, 0.15) is 24.2 Å². The first kappa shape index (κ1) is 29.3. The lowest BCUT2D eigenvalue weighted by Crippen LogP contribution is -2.59. The molecule has 0 saturated carbocycles. The number of aliphatic hydroxyl groups is 1. The molecule has 0 aromatic heterocycles. The third-order valence-electron chi connectivity index (χ3n) is 5.13. The Hall–Kier alpha value is -2.73. The van der Waals surface area contributed by atoms with Crippen LogP contribution in [0.2, 0.25) is 0 Å². The van der Waals surface area contributed by atoms with Gasteiger partial charge >= 0.3 is 11.9 Å². The van der Waals surface area contributed by atoms with Gasteiger partial charge in [0.15, 0.2) is 0 Å². The quantitative estimate of drug-likeness (QED) is 0.166. The molecule has 0 radical (unpaired) electrons. The first-order valence-corrected chi connectivity index (χ1v) is 10.5. The Labute approximate surface area is 187 Å². The average Bonchev–Trinajstić information content (AvgIpc) is 2.70. The van der Waals surface area contributed by atoms with Crippen LogP contribution in [0, 0.1) is 11.8 Å². The minimum atomic E-state index is -1.34. The molecule has 0 aliphatic heterocycles. The van der Waals surface area contributed by atoms with Crippen molar-refractivity contribution in [3.8, 4) is 0 Å². The summed E-state index contributed by atoms with van der Waals surface area (Å²) in [6, 6.07) is -4.96. The highest BCUT2D eigenvalue weighted by atomic mass is 16.4. The highest BCUT2D eigenvalue weighted by Gasteiger charge is 2.34. The van der Waals surface area contributed by atoms with Crippen LogP contribution in [0.4, 0.5) is 0 Å². The van der Waals surface area contributed by atoms with Gasteiger partial charge in [-0.2, -0.15) is 0 Å². The fourth-order valence-corrected chi connectivity index (χ4v) is 2.74. The lowest BCUT2D eigenvalue weighted by molar-refractivity contribution is -0.144. The van der Waals surface area contributed by atoms with E-state index in [1.165, 1.54) is 6.92 Å². The second kappa shape index (κ2) is 13.6. The zero-order chi connectivity index (χ0) is 25.2. The molecule has 184 valence electrons. The van der Waals surface area contributed by atoms with Crippen LogP contribution in [0.25, 0.3) is 0 Å². The molecule has 8 N–H and O–H groups in total. The fraction of sp³-hybridized carbons (Fsp3) is 0.750. The molecular formula is C20H36N4O8. The zero-order valence-corrected chi connectivity index (χ0v) is 19.1. The summed E-state index contributed by atoms with van der Waals surface area (Å²) in [7, 11) is 0. The summed E-state index contributed by atoms with van der Waals surface area (Å²) < 4.78 is 0. The van der Waals surface area contributed by atoms with Crippen LogP contribution in [-0.4, -0.2) is 75.3 Å². The summed E-state index contributed by atoms with van der Waals surface area (Å²) in [6.45, 7) is 7.99. The largest absolute Gasteiger partial charge is 0.481 e. The van der Waals surface area contributed by atoms with Crippen molar-refractivity contribution in [2.75, 3.05) is 0 Å². The van der Waals surface area contributed by atoms with Gasteiger partial charge in [-0.25, -0.2) is 4.79 Å². The second-order valence-corrected chi connectivity index (χ2v) is 8.20. The van der Waals surface area contributed by atoms with Crippen LogP contribution in [0.15, 0.2) is 0 Å². The normalized spacial score (nSPS) is 16.8. The van der Waals surface area contributed by atoms with Crippen molar-refractivity contribution in [2.24, 2.45) is 17.6 Å². The molecule has 6 unspecified atom stereocenters. The molecule has 0 spiro atoms. The number of aliphatic hydroxyl groups excluding tert-OH is 1. The van der Waals surface area contributed by atoms with E-state index >= 15 is 0 Å². The lowest BCUT2D eigenvalue weighted by Gasteiger charge is -2.28. The summed E-state index contributed by atoms with van der Waals surface area (Å²) in [5, 5.41) is 35.0. The van der Waals surface area contributed by atoms with E-state index in [9.17, 15) is 34.2 Å². The van der Waals surface area contributed by atoms with Gasteiger partial charge < -0.3 is 37.0 Å². The molecule has 12 nitrogen and oxygen atoms in total. The van der Waals surface area contributed by atoms with Gasteiger partial charge in [-0.3, -0.25) is 19.2 Å². The van der Waals surface area contributed by atoms with Crippen molar-refractivity contribution in [3.05, 3.63) is 0 Å². The number of amides is 3. The van der Waals surface area contributed by atoms with E-state index in [1.54, 1.807) is 27.7 Å². The number of aliphatic carboxylic acids is 2. The second-order valence-electron chi connectivity index (χ2n) is 8.20. The van der Waals surface area contributed by atoms with E-state index in [1.807, 2.05) is 0 Å². The topological polar surface area (TPSA) is 208 Å². The first-order valence-electron chi connectivity index (χ1n) is 10.5. The number of rotatable bonds is 14. The number of carboxylic acids is 2. The maximum Gasteiger partial charge on any atom is 0.326 e. The SMILES string of the molecule is CCC(C)C(NC(=O)C(CCC(=O)O)NC(=O)C(N)C(C)O)C(=O)NC(C(=O)O)C(C)C. The monoisotopic (exact) mass is 460 g/mol. The molecule has 0 aromatic carbocycles. The van der Waals surface area contributed by atoms with Gasteiger partial charge in [-0.15, -0.1) is 0 Å². The molecule has 0 fully saturated rings. The van der Waals surface area contributed by atoms with Gasteiger partial charge in [-0.1, -0.05) is 34.1 Å². The average molecular weight is 461 g/mol. The summed E-state index contributed by atoms with van der Waals surface area (Å²) >= 11 is 0. The number of hydrogen-bond donors (Lipinski definition) is 7. The summed E-state index contributed by atoms with van der Waals surface area (Å²) in [6.07, 6.45) is -1.47. The standard InChI is InChI=1S/C20H36N4O8/c1-6-10(4)16(19(30)23-15(9(2)3)20(31)32)24-17(28)12(7-8-13(26)27)22-18(29)14(21)11(5)25/h9-12,14-16,25H,6-8,21H2,1-5H3,(H,22,29)(H,23,30)(H,24,28)(H,26,27)(H,31,32). The molecule has 12 heteroatoms. The fourth-order valence-electron chi connectivity index (χ4n) is 2.74. The van der Waals surface area contributed by atoms with E-state index in [2.05, 4.69) is 16.0 Å². The summed E-state index contributed by atoms with van der Waals surface area (Å²) in [5.41, 5.74) is 5.57. The van der Waals surface area contributed by atoms with E-state index in [0.717, 1.165) is 0 Å². The van der Waals surface area contributed by atoms with E-state index in [4.69, 9.17) is 10.8 Å². The predicted octanol–water partition coefficient (Wildman–Crippen LogP) is -1.20. The molecule has 0 aromatic rings. The molecular weight excluding hydrogens is 424 g/mol. The number of carbonyl (C=O) groups is 5. The van der Waals surface area contributed by atoms with E-state index < -0.39 is 78.2 Å². The van der Waals surface area contributed by atoms with Gasteiger partial charge in [0.2, 0.25) is 17.7 Å². The number of nitrogens with one attached hydrogen (secondary N) is 3. The summed E-state index contributed by atoms with van der Waals surface area (Å²) in [4.78, 5) is 60.2. The van der Waals surface area contributed by atoms with Crippen molar-refractivity contribution in [1.82, 2.24) is 16.0 Å². The van der Waals surface area contributed by atoms with Crippen molar-refractivity contribution in [2.45, 2.75) is 84.2 Å². The van der Waals surface area contributed by atoms with Gasteiger partial charge in [0.25, 0.3) is 0 Å². The Kier molecular flexibility index (Phi) is 12.5. The molecule has 0 bridgehead atoms.